The van der Waals surface area contributed by atoms with Crippen molar-refractivity contribution in [3.8, 4) is 5.88 Å². The molecule has 0 saturated carbocycles. The van der Waals surface area contributed by atoms with E-state index in [9.17, 15) is 19.4 Å². The fraction of sp³-hybridized carbons (Fsp3) is 0.333. The highest BCUT2D eigenvalue weighted by Crippen LogP contribution is 2.28. The molecule has 0 unspecified atom stereocenters. The second-order valence-electron chi connectivity index (χ2n) is 8.26. The van der Waals surface area contributed by atoms with Gasteiger partial charge < -0.3 is 24.6 Å². The van der Waals surface area contributed by atoms with E-state index in [1.165, 1.54) is 0 Å². The van der Waals surface area contributed by atoms with Crippen LogP contribution in [-0.4, -0.2) is 52.7 Å². The second-order valence-corrected chi connectivity index (χ2v) is 8.26. The van der Waals surface area contributed by atoms with Crippen molar-refractivity contribution in [2.75, 3.05) is 25.6 Å². The van der Waals surface area contributed by atoms with Crippen LogP contribution in [0.3, 0.4) is 0 Å². The number of azo groups is 1. The number of benzene rings is 2. The van der Waals surface area contributed by atoms with E-state index in [-0.39, 0.29) is 13.0 Å². The van der Waals surface area contributed by atoms with Gasteiger partial charge in [-0.15, -0.1) is 0 Å². The highest BCUT2D eigenvalue weighted by Gasteiger charge is 2.35. The molecule has 0 radical (unpaired) electrons. The molecule has 2 N–H and O–H groups in total. The Morgan fingerprint density at radius 2 is 1.77 bits per heavy atom. The molecule has 1 aliphatic heterocycles. The van der Waals surface area contributed by atoms with E-state index in [0.29, 0.717) is 5.69 Å². The highest BCUT2D eigenvalue weighted by molar-refractivity contribution is 5.52. The molecule has 3 aromatic rings. The summed E-state index contributed by atoms with van der Waals surface area (Å²) < 4.78 is 26.2. The largest absolute Gasteiger partial charge is 0.471 e. The Hall–Kier alpha value is -3.67. The summed E-state index contributed by atoms with van der Waals surface area (Å²) in [5, 5.41) is 27.4. The third kappa shape index (κ3) is 5.88. The normalized spacial score (nSPS) is 19.9. The Bertz CT molecular complexity index is 1230. The lowest BCUT2D eigenvalue weighted by Crippen LogP contribution is -2.28. The maximum Gasteiger partial charge on any atom is 0.353 e. The number of halogens is 1. The van der Waals surface area contributed by atoms with Gasteiger partial charge in [-0.05, 0) is 42.0 Å². The molecule has 0 spiro atoms. The Kier molecular flexibility index (Phi) is 7.49. The van der Waals surface area contributed by atoms with Gasteiger partial charge in [0.25, 0.3) is 5.88 Å². The zero-order chi connectivity index (χ0) is 24.9. The molecule has 0 amide bonds. The lowest BCUT2D eigenvalue weighted by Gasteiger charge is -2.15. The van der Waals surface area contributed by atoms with E-state index in [1.807, 2.05) is 43.3 Å². The van der Waals surface area contributed by atoms with Gasteiger partial charge in [-0.25, -0.2) is 4.79 Å². The molecule has 1 aromatic heterocycles. The second kappa shape index (κ2) is 10.7. The third-order valence-corrected chi connectivity index (χ3v) is 5.53. The number of aliphatic hydroxyl groups excluding tert-OH is 2. The molecule has 1 saturated heterocycles. The first-order valence-corrected chi connectivity index (χ1v) is 11.0. The molecule has 1 fully saturated rings. The van der Waals surface area contributed by atoms with Crippen molar-refractivity contribution >= 4 is 17.1 Å². The zero-order valence-corrected chi connectivity index (χ0v) is 19.3. The number of nitrogens with zero attached hydrogens (tertiary/aromatic N) is 5. The standard InChI is InChI=1S/C24H26FN5O5/c1-29(2)18-9-7-17(8-10-18)28-27-16-5-3-15(4-6-16)14-34-23-19(25)12-30(24(33)26-23)22-11-20(32)21(13-31)35-22/h3-10,12,20-22,31-32H,11,13-14H2,1-2H3/t20-,21+,22+/m0/s1. The van der Waals surface area contributed by atoms with Crippen LogP contribution in [0.25, 0.3) is 0 Å². The van der Waals surface area contributed by atoms with Crippen LogP contribution in [0.2, 0.25) is 0 Å². The average Bonchev–Trinajstić information content (AvgIpc) is 3.24. The van der Waals surface area contributed by atoms with Crippen LogP contribution in [0.15, 0.2) is 69.8 Å². The van der Waals surface area contributed by atoms with Crippen molar-refractivity contribution in [3.05, 3.63) is 76.6 Å². The first kappa shape index (κ1) is 24.5. The summed E-state index contributed by atoms with van der Waals surface area (Å²) in [7, 11) is 3.93. The maximum absolute atomic E-state index is 14.5. The molecule has 184 valence electrons. The number of rotatable bonds is 8. The van der Waals surface area contributed by atoms with Crippen molar-refractivity contribution < 1.29 is 24.1 Å². The zero-order valence-electron chi connectivity index (χ0n) is 19.3. The molecule has 10 nitrogen and oxygen atoms in total. The molecule has 35 heavy (non-hydrogen) atoms. The lowest BCUT2D eigenvalue weighted by molar-refractivity contribution is -0.0463. The SMILES string of the molecule is CN(C)c1ccc(N=Nc2ccc(COc3nc(=O)n([C@H]4C[C@H](O)[C@@H](CO)O4)cc3F)cc2)cc1. The van der Waals surface area contributed by atoms with Gasteiger partial charge in [0, 0.05) is 26.2 Å². The summed E-state index contributed by atoms with van der Waals surface area (Å²) in [6, 6.07) is 14.7. The van der Waals surface area contributed by atoms with Gasteiger partial charge in [0.1, 0.15) is 18.9 Å². The molecule has 2 heterocycles. The summed E-state index contributed by atoms with van der Waals surface area (Å²) in [4.78, 5) is 18.0. The van der Waals surface area contributed by atoms with Crippen LogP contribution in [0.4, 0.5) is 21.5 Å². The van der Waals surface area contributed by atoms with Gasteiger partial charge in [-0.2, -0.15) is 19.6 Å². The Labute approximate surface area is 200 Å². The predicted octanol–water partition coefficient (Wildman–Crippen LogP) is 3.08. The molecular formula is C24H26FN5O5. The molecule has 3 atom stereocenters. The van der Waals surface area contributed by atoms with Gasteiger partial charge in [-0.1, -0.05) is 12.1 Å². The quantitative estimate of drug-likeness (QED) is 0.472. The van der Waals surface area contributed by atoms with Crippen LogP contribution in [0.5, 0.6) is 5.88 Å². The van der Waals surface area contributed by atoms with E-state index in [4.69, 9.17) is 9.47 Å². The Morgan fingerprint density at radius 1 is 1.14 bits per heavy atom. The van der Waals surface area contributed by atoms with Gasteiger partial charge in [0.05, 0.1) is 30.3 Å². The van der Waals surface area contributed by atoms with E-state index in [0.717, 1.165) is 27.7 Å². The van der Waals surface area contributed by atoms with Crippen LogP contribution in [0, 0.1) is 5.82 Å². The van der Waals surface area contributed by atoms with Crippen molar-refractivity contribution in [3.63, 3.8) is 0 Å². The average molecular weight is 484 g/mol. The highest BCUT2D eigenvalue weighted by atomic mass is 19.1. The number of hydrogen-bond acceptors (Lipinski definition) is 9. The maximum atomic E-state index is 14.5. The topological polar surface area (TPSA) is 122 Å². The summed E-state index contributed by atoms with van der Waals surface area (Å²) in [6.07, 6.45) is -1.74. The summed E-state index contributed by atoms with van der Waals surface area (Å²) in [5.74, 6) is -1.28. The fourth-order valence-corrected chi connectivity index (χ4v) is 3.53. The molecule has 0 aliphatic carbocycles. The predicted molar refractivity (Wildman–Crippen MR) is 126 cm³/mol. The van der Waals surface area contributed by atoms with Gasteiger partial charge in [-0.3, -0.25) is 4.57 Å². The summed E-state index contributed by atoms with van der Waals surface area (Å²) in [5.41, 5.74) is 2.36. The van der Waals surface area contributed by atoms with Gasteiger partial charge in [0.15, 0.2) is 0 Å². The number of aromatic nitrogens is 2. The van der Waals surface area contributed by atoms with Crippen molar-refractivity contribution in [1.29, 1.82) is 0 Å². The Balaban J connectivity index is 1.36. The molecule has 2 aromatic carbocycles. The number of anilines is 1. The number of hydrogen-bond donors (Lipinski definition) is 2. The molecular weight excluding hydrogens is 457 g/mol. The van der Waals surface area contributed by atoms with E-state index < -0.39 is 42.4 Å². The lowest BCUT2D eigenvalue weighted by atomic mass is 10.2. The number of ether oxygens (including phenoxy) is 2. The molecule has 11 heteroatoms. The third-order valence-electron chi connectivity index (χ3n) is 5.53. The molecule has 4 rings (SSSR count). The molecule has 1 aliphatic rings. The first-order chi connectivity index (χ1) is 16.8. The van der Waals surface area contributed by atoms with Gasteiger partial charge >= 0.3 is 5.69 Å². The minimum absolute atomic E-state index is 0.0119. The van der Waals surface area contributed by atoms with Crippen molar-refractivity contribution in [1.82, 2.24) is 9.55 Å². The van der Waals surface area contributed by atoms with Crippen molar-refractivity contribution in [2.24, 2.45) is 10.2 Å². The molecule has 0 bridgehead atoms. The first-order valence-electron chi connectivity index (χ1n) is 11.0. The van der Waals surface area contributed by atoms with E-state index in [2.05, 4.69) is 15.2 Å². The smallest absolute Gasteiger partial charge is 0.353 e. The van der Waals surface area contributed by atoms with Crippen LogP contribution in [0.1, 0.15) is 18.2 Å². The summed E-state index contributed by atoms with van der Waals surface area (Å²) in [6.45, 7) is -0.421. The Morgan fingerprint density at radius 3 is 2.34 bits per heavy atom. The van der Waals surface area contributed by atoms with Gasteiger partial charge in [0.2, 0.25) is 5.82 Å². The van der Waals surface area contributed by atoms with Crippen LogP contribution < -0.4 is 15.3 Å². The monoisotopic (exact) mass is 483 g/mol. The van der Waals surface area contributed by atoms with Crippen LogP contribution in [-0.2, 0) is 11.3 Å². The van der Waals surface area contributed by atoms with E-state index in [1.54, 1.807) is 24.3 Å². The number of aliphatic hydroxyl groups is 2. The fourth-order valence-electron chi connectivity index (χ4n) is 3.53. The minimum atomic E-state index is -0.956. The minimum Gasteiger partial charge on any atom is -0.471 e. The van der Waals surface area contributed by atoms with Crippen LogP contribution >= 0.6 is 0 Å². The van der Waals surface area contributed by atoms with E-state index >= 15 is 0 Å². The van der Waals surface area contributed by atoms with Crippen molar-refractivity contribution in [2.45, 2.75) is 31.5 Å². The summed E-state index contributed by atoms with van der Waals surface area (Å²) >= 11 is 0.